The minimum Gasteiger partial charge on any atom is -0.453 e. The average molecular weight is 432 g/mol. The molecular formula is C19H24F4N4O3. The van der Waals surface area contributed by atoms with Crippen molar-refractivity contribution in [3.63, 3.8) is 0 Å². The van der Waals surface area contributed by atoms with Crippen LogP contribution in [-0.4, -0.2) is 65.1 Å². The summed E-state index contributed by atoms with van der Waals surface area (Å²) >= 11 is 0. The molecule has 0 aromatic carbocycles. The fourth-order valence-electron chi connectivity index (χ4n) is 5.02. The van der Waals surface area contributed by atoms with Crippen LogP contribution in [0.15, 0.2) is 12.4 Å². The minimum atomic E-state index is -4.59. The first-order valence-electron chi connectivity index (χ1n) is 9.94. The number of fused-ring (bicyclic) bond motifs is 1. The number of ether oxygens (including phenoxy) is 2. The zero-order chi connectivity index (χ0) is 21.7. The molecule has 2 aliphatic carbocycles. The predicted molar refractivity (Wildman–Crippen MR) is 95.8 cm³/mol. The van der Waals surface area contributed by atoms with E-state index in [0.717, 1.165) is 32.3 Å². The molecule has 4 rings (SSSR count). The second kappa shape index (κ2) is 7.60. The van der Waals surface area contributed by atoms with Crippen molar-refractivity contribution >= 4 is 6.09 Å². The van der Waals surface area contributed by atoms with Crippen molar-refractivity contribution in [1.29, 1.82) is 0 Å². The molecule has 30 heavy (non-hydrogen) atoms. The van der Waals surface area contributed by atoms with Gasteiger partial charge in [-0.2, -0.15) is 13.2 Å². The Bertz CT molecular complexity index is 793. The van der Waals surface area contributed by atoms with Crippen molar-refractivity contribution in [2.24, 2.45) is 11.7 Å². The largest absolute Gasteiger partial charge is 0.453 e. The van der Waals surface area contributed by atoms with Crippen molar-refractivity contribution in [2.45, 2.75) is 67.9 Å². The number of aromatic nitrogens is 2. The molecule has 4 unspecified atom stereocenters. The van der Waals surface area contributed by atoms with Crippen LogP contribution in [0.3, 0.4) is 0 Å². The monoisotopic (exact) mass is 432 g/mol. The van der Waals surface area contributed by atoms with Gasteiger partial charge in [-0.25, -0.2) is 19.2 Å². The summed E-state index contributed by atoms with van der Waals surface area (Å²) in [5, 5.41) is 0. The van der Waals surface area contributed by atoms with E-state index in [9.17, 15) is 22.4 Å². The first-order chi connectivity index (χ1) is 14.2. The minimum absolute atomic E-state index is 0.0831. The van der Waals surface area contributed by atoms with Gasteiger partial charge in [-0.1, -0.05) is 0 Å². The molecule has 7 nitrogen and oxygen atoms in total. The summed E-state index contributed by atoms with van der Waals surface area (Å²) in [6, 6.07) is -3.74. The van der Waals surface area contributed by atoms with Crippen LogP contribution in [0.5, 0.6) is 0 Å². The van der Waals surface area contributed by atoms with Gasteiger partial charge < -0.3 is 15.2 Å². The van der Waals surface area contributed by atoms with Gasteiger partial charge in [0.25, 0.3) is 0 Å². The maximum absolute atomic E-state index is 13.4. The number of methoxy groups -OCH3 is 1. The topological polar surface area (TPSA) is 90.6 Å². The third-order valence-corrected chi connectivity index (χ3v) is 6.71. The van der Waals surface area contributed by atoms with Crippen molar-refractivity contribution in [3.8, 4) is 0 Å². The lowest BCUT2D eigenvalue weighted by atomic mass is 9.86. The lowest BCUT2D eigenvalue weighted by Crippen LogP contribution is -2.51. The maximum atomic E-state index is 13.4. The fraction of sp³-hybridized carbons (Fsp3) is 0.737. The Morgan fingerprint density at radius 3 is 2.63 bits per heavy atom. The van der Waals surface area contributed by atoms with Gasteiger partial charge in [0.05, 0.1) is 38.3 Å². The molecule has 2 heterocycles. The van der Waals surface area contributed by atoms with Crippen molar-refractivity contribution in [3.05, 3.63) is 24.0 Å². The molecule has 1 amide bonds. The number of carbonyl (C=O) groups is 1. The molecule has 11 heteroatoms. The predicted octanol–water partition coefficient (Wildman–Crippen LogP) is 2.54. The smallest absolute Gasteiger partial charge is 0.410 e. The van der Waals surface area contributed by atoms with Crippen LogP contribution in [0.4, 0.5) is 22.4 Å². The molecule has 0 radical (unpaired) electrons. The van der Waals surface area contributed by atoms with Gasteiger partial charge in [-0.05, 0) is 38.0 Å². The second-order valence-electron chi connectivity index (χ2n) is 8.41. The van der Waals surface area contributed by atoms with Crippen LogP contribution in [0.1, 0.15) is 37.9 Å². The van der Waals surface area contributed by atoms with Crippen LogP contribution in [0.25, 0.3) is 0 Å². The van der Waals surface area contributed by atoms with Gasteiger partial charge in [-0.3, -0.25) is 4.90 Å². The number of hydrogen-bond acceptors (Lipinski definition) is 6. The molecule has 0 bridgehead atoms. The quantitative estimate of drug-likeness (QED) is 0.736. The van der Waals surface area contributed by atoms with Crippen LogP contribution in [0.2, 0.25) is 0 Å². The van der Waals surface area contributed by atoms with Crippen molar-refractivity contribution in [1.82, 2.24) is 14.9 Å². The number of likely N-dealkylation sites (tertiary alicyclic amines) is 1. The molecule has 2 saturated carbocycles. The van der Waals surface area contributed by atoms with E-state index >= 15 is 0 Å². The molecule has 1 aromatic rings. The van der Waals surface area contributed by atoms with Crippen LogP contribution >= 0.6 is 0 Å². The molecule has 2 N–H and O–H groups in total. The second-order valence-corrected chi connectivity index (χ2v) is 8.41. The summed E-state index contributed by atoms with van der Waals surface area (Å²) < 4.78 is 63.6. The molecular weight excluding hydrogens is 408 g/mol. The van der Waals surface area contributed by atoms with E-state index in [4.69, 9.17) is 10.5 Å². The number of hydrogen-bond donors (Lipinski definition) is 1. The zero-order valence-electron chi connectivity index (χ0n) is 16.4. The summed E-state index contributed by atoms with van der Waals surface area (Å²) in [5.74, 6) is 0.443. The number of nitrogens with two attached hydrogens (primary N) is 1. The number of alkyl halides is 3. The SMILES string of the molecule is COC(=O)N1[C@H](C(F)(F)F)CC(N)[C@@H]1COC1CCC2(c3ncc(F)cn3)CC2C1. The van der Waals surface area contributed by atoms with E-state index in [0.29, 0.717) is 29.5 Å². The van der Waals surface area contributed by atoms with E-state index in [1.165, 1.54) is 0 Å². The molecule has 3 aliphatic rings. The molecule has 1 aromatic heterocycles. The lowest BCUT2D eigenvalue weighted by Gasteiger charge is -2.33. The van der Waals surface area contributed by atoms with Gasteiger partial charge in [-0.15, -0.1) is 0 Å². The average Bonchev–Trinajstić information content (AvgIpc) is 3.34. The van der Waals surface area contributed by atoms with Crippen LogP contribution < -0.4 is 5.73 Å². The van der Waals surface area contributed by atoms with E-state index in [1.807, 2.05) is 0 Å². The molecule has 166 valence electrons. The van der Waals surface area contributed by atoms with Gasteiger partial charge in [0.2, 0.25) is 0 Å². The Hall–Kier alpha value is -2.01. The van der Waals surface area contributed by atoms with Gasteiger partial charge in [0.1, 0.15) is 11.9 Å². The molecule has 6 atom stereocenters. The van der Waals surface area contributed by atoms with Gasteiger partial charge >= 0.3 is 12.3 Å². The number of rotatable bonds is 4. The van der Waals surface area contributed by atoms with Crippen molar-refractivity contribution in [2.75, 3.05) is 13.7 Å². The van der Waals surface area contributed by atoms with Crippen LogP contribution in [0, 0.1) is 11.7 Å². The summed E-state index contributed by atoms with van der Waals surface area (Å²) in [5.41, 5.74) is 5.78. The molecule has 1 aliphatic heterocycles. The first-order valence-corrected chi connectivity index (χ1v) is 9.94. The highest BCUT2D eigenvalue weighted by Gasteiger charge is 2.60. The number of nitrogens with zero attached hydrogens (tertiary/aromatic N) is 3. The third-order valence-electron chi connectivity index (χ3n) is 6.71. The first kappa shape index (κ1) is 21.2. The zero-order valence-corrected chi connectivity index (χ0v) is 16.4. The molecule has 1 saturated heterocycles. The summed E-state index contributed by atoms with van der Waals surface area (Å²) in [7, 11) is 1.04. The Labute approximate surface area is 170 Å². The van der Waals surface area contributed by atoms with Gasteiger partial charge in [0.15, 0.2) is 5.82 Å². The maximum Gasteiger partial charge on any atom is 0.410 e. The summed E-state index contributed by atoms with van der Waals surface area (Å²) in [6.07, 6.45) is -0.824. The molecule has 3 fully saturated rings. The lowest BCUT2D eigenvalue weighted by molar-refractivity contribution is -0.175. The van der Waals surface area contributed by atoms with E-state index in [1.54, 1.807) is 0 Å². The third kappa shape index (κ3) is 3.73. The van der Waals surface area contributed by atoms with Gasteiger partial charge in [0, 0.05) is 11.5 Å². The standard InChI is InChI=1S/C19H24F4N4O3/c1-29-17(28)27-14(13(24)5-15(27)19(21,22)23)9-30-12-2-3-18(6-10(18)4-12)16-25-7-11(20)8-26-16/h7-8,10,12-15H,2-6,9,24H2,1H3/t10?,12?,13?,14-,15-,18?/m0/s1. The highest BCUT2D eigenvalue weighted by Crippen LogP contribution is 2.61. The Morgan fingerprint density at radius 2 is 2.03 bits per heavy atom. The number of carbonyl (C=O) groups excluding carboxylic acids is 1. The fourth-order valence-corrected chi connectivity index (χ4v) is 5.02. The summed E-state index contributed by atoms with van der Waals surface area (Å²) in [6.45, 7) is -0.0831. The number of amides is 1. The highest BCUT2D eigenvalue weighted by molar-refractivity contribution is 5.69. The van der Waals surface area contributed by atoms with Crippen molar-refractivity contribution < 1.29 is 31.8 Å². The summed E-state index contributed by atoms with van der Waals surface area (Å²) in [4.78, 5) is 20.9. The van der Waals surface area contributed by atoms with E-state index in [-0.39, 0.29) is 24.5 Å². The Kier molecular flexibility index (Phi) is 5.38. The van der Waals surface area contributed by atoms with E-state index < -0.39 is 36.2 Å². The number of halogens is 4. The Morgan fingerprint density at radius 1 is 1.33 bits per heavy atom. The normalized spacial score (nSPS) is 35.8. The van der Waals surface area contributed by atoms with E-state index in [2.05, 4.69) is 14.7 Å². The Balaban J connectivity index is 1.37. The highest BCUT2D eigenvalue weighted by atomic mass is 19.4. The molecule has 0 spiro atoms. The van der Waals surface area contributed by atoms with Crippen LogP contribution in [-0.2, 0) is 14.9 Å².